The van der Waals surface area contributed by atoms with Crippen LogP contribution in [0.5, 0.6) is 0 Å². The van der Waals surface area contributed by atoms with Crippen LogP contribution < -0.4 is 0 Å². The van der Waals surface area contributed by atoms with E-state index in [0.29, 0.717) is 17.9 Å². The lowest BCUT2D eigenvalue weighted by Gasteiger charge is -2.34. The molecule has 1 amide bonds. The van der Waals surface area contributed by atoms with E-state index in [2.05, 4.69) is 5.10 Å². The third-order valence-electron chi connectivity index (χ3n) is 5.20. The Kier molecular flexibility index (Phi) is 5.96. The first-order chi connectivity index (χ1) is 14.0. The van der Waals surface area contributed by atoms with Gasteiger partial charge in [-0.15, -0.1) is 0 Å². The molecule has 3 rings (SSSR count). The van der Waals surface area contributed by atoms with Gasteiger partial charge in [-0.05, 0) is 32.9 Å². The highest BCUT2D eigenvalue weighted by atomic mass is 32.2. The number of alkyl halides is 3. The summed E-state index contributed by atoms with van der Waals surface area (Å²) in [5.74, 6) is -0.758. The van der Waals surface area contributed by atoms with Gasteiger partial charge in [0.1, 0.15) is 4.90 Å². The monoisotopic (exact) mass is 444 g/mol. The number of hydrogen-bond acceptors (Lipinski definition) is 4. The molecule has 1 aromatic heterocycles. The summed E-state index contributed by atoms with van der Waals surface area (Å²) in [5.41, 5.74) is -0.500. The minimum Gasteiger partial charge on any atom is -0.336 e. The van der Waals surface area contributed by atoms with Gasteiger partial charge in [0.15, 0.2) is 0 Å². The summed E-state index contributed by atoms with van der Waals surface area (Å²) in [6, 6.07) is 4.61. The van der Waals surface area contributed by atoms with Gasteiger partial charge in [-0.2, -0.15) is 22.6 Å². The number of sulfonamides is 1. The molecule has 1 aromatic carbocycles. The van der Waals surface area contributed by atoms with E-state index < -0.39 is 33.2 Å². The Labute approximate surface area is 173 Å². The number of carbonyl (C=O) groups excluding carboxylic acids is 1. The maximum Gasteiger partial charge on any atom is 0.417 e. The third-order valence-corrected chi connectivity index (χ3v) is 7.35. The van der Waals surface area contributed by atoms with Gasteiger partial charge in [-0.1, -0.05) is 12.1 Å². The SMILES string of the molecule is CCn1nc(C)c(S(=O)(=O)N2CCN(C(=O)c3ccccc3C(F)(F)F)CC2)c1C. The molecule has 2 aromatic rings. The van der Waals surface area contributed by atoms with Crippen molar-refractivity contribution in [2.45, 2.75) is 38.4 Å². The number of aryl methyl sites for hydroxylation is 2. The summed E-state index contributed by atoms with van der Waals surface area (Å²) in [4.78, 5) is 14.1. The zero-order chi connectivity index (χ0) is 22.3. The topological polar surface area (TPSA) is 75.5 Å². The largest absolute Gasteiger partial charge is 0.417 e. The lowest BCUT2D eigenvalue weighted by Crippen LogP contribution is -2.50. The average molecular weight is 444 g/mol. The molecule has 1 saturated heterocycles. The molecule has 0 radical (unpaired) electrons. The predicted octanol–water partition coefficient (Wildman–Crippen LogP) is 2.69. The molecule has 0 spiro atoms. The Morgan fingerprint density at radius 3 is 2.23 bits per heavy atom. The molecule has 0 bridgehead atoms. The van der Waals surface area contributed by atoms with Crippen LogP contribution in [0.25, 0.3) is 0 Å². The van der Waals surface area contributed by atoms with E-state index in [1.807, 2.05) is 6.92 Å². The molecule has 1 fully saturated rings. The number of amides is 1. The van der Waals surface area contributed by atoms with Gasteiger partial charge in [-0.25, -0.2) is 8.42 Å². The predicted molar refractivity (Wildman–Crippen MR) is 103 cm³/mol. The Morgan fingerprint density at radius 2 is 1.70 bits per heavy atom. The van der Waals surface area contributed by atoms with Gasteiger partial charge in [-0.3, -0.25) is 9.48 Å². The smallest absolute Gasteiger partial charge is 0.336 e. The van der Waals surface area contributed by atoms with Crippen LogP contribution in [0, 0.1) is 13.8 Å². The highest BCUT2D eigenvalue weighted by molar-refractivity contribution is 7.89. The van der Waals surface area contributed by atoms with E-state index in [4.69, 9.17) is 0 Å². The summed E-state index contributed by atoms with van der Waals surface area (Å²) in [6.07, 6.45) is -4.65. The van der Waals surface area contributed by atoms with Crippen LogP contribution in [0.15, 0.2) is 29.2 Å². The van der Waals surface area contributed by atoms with Gasteiger partial charge in [0.25, 0.3) is 5.91 Å². The van der Waals surface area contributed by atoms with E-state index in [-0.39, 0.29) is 31.1 Å². The van der Waals surface area contributed by atoms with E-state index in [1.54, 1.807) is 18.5 Å². The molecule has 0 saturated carbocycles. The first kappa shape index (κ1) is 22.3. The number of benzene rings is 1. The van der Waals surface area contributed by atoms with Crippen molar-refractivity contribution in [2.24, 2.45) is 0 Å². The van der Waals surface area contributed by atoms with Gasteiger partial charge >= 0.3 is 6.18 Å². The molecular formula is C19H23F3N4O3S. The highest BCUT2D eigenvalue weighted by Crippen LogP contribution is 2.32. The van der Waals surface area contributed by atoms with Crippen molar-refractivity contribution in [1.82, 2.24) is 19.0 Å². The van der Waals surface area contributed by atoms with E-state index in [0.717, 1.165) is 12.1 Å². The average Bonchev–Trinajstić information content (AvgIpc) is 3.00. The first-order valence-electron chi connectivity index (χ1n) is 9.48. The number of halogens is 3. The highest BCUT2D eigenvalue weighted by Gasteiger charge is 2.38. The summed E-state index contributed by atoms with van der Waals surface area (Å²) < 4.78 is 68.7. The zero-order valence-corrected chi connectivity index (χ0v) is 17.7. The molecule has 0 N–H and O–H groups in total. The maximum atomic E-state index is 13.2. The second kappa shape index (κ2) is 8.03. The fourth-order valence-corrected chi connectivity index (χ4v) is 5.50. The number of piperazine rings is 1. The van der Waals surface area contributed by atoms with Crippen LogP contribution in [0.4, 0.5) is 13.2 Å². The van der Waals surface area contributed by atoms with Crippen molar-refractivity contribution in [1.29, 1.82) is 0 Å². The Bertz CT molecular complexity index is 1060. The number of aromatic nitrogens is 2. The summed E-state index contributed by atoms with van der Waals surface area (Å²) in [7, 11) is -3.83. The lowest BCUT2D eigenvalue weighted by atomic mass is 10.1. The fraction of sp³-hybridized carbons (Fsp3) is 0.474. The van der Waals surface area contributed by atoms with Crippen molar-refractivity contribution in [3.05, 3.63) is 46.8 Å². The molecule has 0 aliphatic carbocycles. The molecule has 1 aliphatic rings. The minimum atomic E-state index is -4.65. The van der Waals surface area contributed by atoms with Crippen molar-refractivity contribution >= 4 is 15.9 Å². The molecular weight excluding hydrogens is 421 g/mol. The minimum absolute atomic E-state index is 0.00154. The number of nitrogens with zero attached hydrogens (tertiary/aromatic N) is 4. The van der Waals surface area contributed by atoms with Crippen molar-refractivity contribution in [3.8, 4) is 0 Å². The number of carbonyl (C=O) groups is 1. The lowest BCUT2D eigenvalue weighted by molar-refractivity contribution is -0.138. The zero-order valence-electron chi connectivity index (χ0n) is 16.9. The van der Waals surface area contributed by atoms with Crippen LogP contribution in [0.2, 0.25) is 0 Å². The molecule has 7 nitrogen and oxygen atoms in total. The van der Waals surface area contributed by atoms with Crippen LogP contribution in [0.1, 0.15) is 34.2 Å². The maximum absolute atomic E-state index is 13.2. The van der Waals surface area contributed by atoms with Gasteiger partial charge in [0.2, 0.25) is 10.0 Å². The second-order valence-corrected chi connectivity index (χ2v) is 8.93. The van der Waals surface area contributed by atoms with Gasteiger partial charge in [0.05, 0.1) is 22.5 Å². The van der Waals surface area contributed by atoms with E-state index in [1.165, 1.54) is 21.3 Å². The first-order valence-corrected chi connectivity index (χ1v) is 10.9. The van der Waals surface area contributed by atoms with Crippen LogP contribution in [-0.4, -0.2) is 59.5 Å². The Balaban J connectivity index is 1.79. The number of hydrogen-bond donors (Lipinski definition) is 0. The van der Waals surface area contributed by atoms with E-state index in [9.17, 15) is 26.4 Å². The molecule has 0 atom stereocenters. The summed E-state index contributed by atoms with van der Waals surface area (Å²) in [5, 5.41) is 4.25. The standard InChI is InChI=1S/C19H23F3N4O3S/c1-4-26-14(3)17(13(2)23-26)30(28,29)25-11-9-24(10-12-25)18(27)15-7-5-6-8-16(15)19(20,21)22/h5-8H,4,9-12H2,1-3H3. The Hall–Kier alpha value is -2.40. The number of rotatable bonds is 4. The van der Waals surface area contributed by atoms with Crippen molar-refractivity contribution in [2.75, 3.05) is 26.2 Å². The van der Waals surface area contributed by atoms with Crippen LogP contribution >= 0.6 is 0 Å². The van der Waals surface area contributed by atoms with Crippen LogP contribution in [-0.2, 0) is 22.7 Å². The van der Waals surface area contributed by atoms with Crippen molar-refractivity contribution < 1.29 is 26.4 Å². The molecule has 0 unspecified atom stereocenters. The molecule has 164 valence electrons. The van der Waals surface area contributed by atoms with Gasteiger partial charge in [0, 0.05) is 32.7 Å². The summed E-state index contributed by atoms with van der Waals surface area (Å²) in [6.45, 7) is 5.71. The molecule has 11 heteroatoms. The third kappa shape index (κ3) is 3.95. The normalized spacial score (nSPS) is 16.1. The van der Waals surface area contributed by atoms with E-state index >= 15 is 0 Å². The van der Waals surface area contributed by atoms with Gasteiger partial charge < -0.3 is 4.90 Å². The fourth-order valence-electron chi connectivity index (χ4n) is 3.71. The quantitative estimate of drug-likeness (QED) is 0.727. The summed E-state index contributed by atoms with van der Waals surface area (Å²) >= 11 is 0. The van der Waals surface area contributed by atoms with Crippen molar-refractivity contribution in [3.63, 3.8) is 0 Å². The molecule has 2 heterocycles. The Morgan fingerprint density at radius 1 is 1.10 bits per heavy atom. The molecule has 30 heavy (non-hydrogen) atoms. The molecule has 1 aliphatic heterocycles. The second-order valence-electron chi connectivity index (χ2n) is 7.06. The van der Waals surface area contributed by atoms with Crippen LogP contribution in [0.3, 0.4) is 0 Å².